The highest BCUT2D eigenvalue weighted by Crippen LogP contribution is 2.25. The molecule has 0 aliphatic heterocycles. The molecule has 1 fully saturated rings. The number of methoxy groups -OCH3 is 1. The topological polar surface area (TPSA) is 50.4 Å². The van der Waals surface area contributed by atoms with Crippen molar-refractivity contribution in [3.63, 3.8) is 0 Å². The number of nitrogens with one attached hydrogen (secondary N) is 2. The molecule has 0 radical (unpaired) electrons. The Labute approximate surface area is 91.8 Å². The van der Waals surface area contributed by atoms with Crippen LogP contribution in [-0.2, 0) is 9.53 Å². The number of ether oxygens (including phenoxy) is 1. The van der Waals surface area contributed by atoms with Gasteiger partial charge >= 0.3 is 0 Å². The SMILES string of the molecule is COCCNC(=O)CCNC1CC(C)C1. The average molecular weight is 214 g/mol. The molecule has 4 heteroatoms. The van der Waals surface area contributed by atoms with Gasteiger partial charge in [0.05, 0.1) is 6.61 Å². The predicted molar refractivity (Wildman–Crippen MR) is 59.7 cm³/mol. The van der Waals surface area contributed by atoms with E-state index in [0.717, 1.165) is 12.5 Å². The molecule has 0 unspecified atom stereocenters. The number of carbonyl (C=O) groups is 1. The maximum atomic E-state index is 11.3. The largest absolute Gasteiger partial charge is 0.383 e. The Bertz CT molecular complexity index is 191. The standard InChI is InChI=1S/C11H22N2O2/c1-9-7-10(8-9)12-4-3-11(14)13-5-6-15-2/h9-10,12H,3-8H2,1-2H3,(H,13,14). The molecule has 15 heavy (non-hydrogen) atoms. The summed E-state index contributed by atoms with van der Waals surface area (Å²) in [5.74, 6) is 0.963. The summed E-state index contributed by atoms with van der Waals surface area (Å²) in [7, 11) is 1.63. The van der Waals surface area contributed by atoms with E-state index in [4.69, 9.17) is 4.74 Å². The maximum Gasteiger partial charge on any atom is 0.221 e. The van der Waals surface area contributed by atoms with Crippen molar-refractivity contribution in [3.05, 3.63) is 0 Å². The summed E-state index contributed by atoms with van der Waals surface area (Å²) in [6, 6.07) is 0.645. The van der Waals surface area contributed by atoms with Crippen LogP contribution in [0.1, 0.15) is 26.2 Å². The minimum absolute atomic E-state index is 0.104. The lowest BCUT2D eigenvalue weighted by molar-refractivity contribution is -0.121. The third-order valence-corrected chi connectivity index (χ3v) is 2.79. The molecule has 0 spiro atoms. The van der Waals surface area contributed by atoms with E-state index >= 15 is 0 Å². The molecule has 1 aliphatic carbocycles. The summed E-state index contributed by atoms with van der Waals surface area (Å²) < 4.78 is 4.84. The van der Waals surface area contributed by atoms with Crippen LogP contribution < -0.4 is 10.6 Å². The fourth-order valence-electron chi connectivity index (χ4n) is 1.84. The number of hydrogen-bond acceptors (Lipinski definition) is 3. The van der Waals surface area contributed by atoms with Crippen LogP contribution in [0, 0.1) is 5.92 Å². The summed E-state index contributed by atoms with van der Waals surface area (Å²) in [5.41, 5.74) is 0. The van der Waals surface area contributed by atoms with Gasteiger partial charge in [-0.15, -0.1) is 0 Å². The Balaban J connectivity index is 1.88. The summed E-state index contributed by atoms with van der Waals surface area (Å²) in [6.07, 6.45) is 3.07. The molecule has 0 aromatic carbocycles. The van der Waals surface area contributed by atoms with E-state index in [2.05, 4.69) is 17.6 Å². The highest BCUT2D eigenvalue weighted by Gasteiger charge is 2.24. The molecular formula is C11H22N2O2. The highest BCUT2D eigenvalue weighted by atomic mass is 16.5. The van der Waals surface area contributed by atoms with Crippen molar-refractivity contribution >= 4 is 5.91 Å². The quantitative estimate of drug-likeness (QED) is 0.608. The average Bonchev–Trinajstić information content (AvgIpc) is 2.15. The lowest BCUT2D eigenvalue weighted by atomic mass is 9.82. The van der Waals surface area contributed by atoms with Crippen LogP contribution in [0.3, 0.4) is 0 Å². The summed E-state index contributed by atoms with van der Waals surface area (Å²) in [5, 5.41) is 6.18. The summed E-state index contributed by atoms with van der Waals surface area (Å²) in [6.45, 7) is 4.24. The molecular weight excluding hydrogens is 192 g/mol. The lowest BCUT2D eigenvalue weighted by Crippen LogP contribution is -2.41. The van der Waals surface area contributed by atoms with Gasteiger partial charge in [-0.1, -0.05) is 6.92 Å². The number of rotatable bonds is 7. The van der Waals surface area contributed by atoms with E-state index in [-0.39, 0.29) is 5.91 Å². The lowest BCUT2D eigenvalue weighted by Gasteiger charge is -2.33. The third kappa shape index (κ3) is 5.14. The van der Waals surface area contributed by atoms with Gasteiger partial charge in [-0.2, -0.15) is 0 Å². The zero-order chi connectivity index (χ0) is 11.1. The Morgan fingerprint density at radius 3 is 2.73 bits per heavy atom. The molecule has 1 saturated carbocycles. The minimum Gasteiger partial charge on any atom is -0.383 e. The van der Waals surface area contributed by atoms with Crippen LogP contribution in [0.5, 0.6) is 0 Å². The molecule has 0 atom stereocenters. The molecule has 4 nitrogen and oxygen atoms in total. The van der Waals surface area contributed by atoms with E-state index in [9.17, 15) is 4.79 Å². The number of carbonyl (C=O) groups excluding carboxylic acids is 1. The van der Waals surface area contributed by atoms with Gasteiger partial charge in [-0.05, 0) is 18.8 Å². The molecule has 1 amide bonds. The first-order chi connectivity index (χ1) is 7.22. The zero-order valence-corrected chi connectivity index (χ0v) is 9.71. The molecule has 0 heterocycles. The van der Waals surface area contributed by atoms with E-state index in [1.54, 1.807) is 7.11 Å². The first-order valence-electron chi connectivity index (χ1n) is 5.71. The Kier molecular flexibility index (Phi) is 5.65. The monoisotopic (exact) mass is 214 g/mol. The van der Waals surface area contributed by atoms with E-state index < -0.39 is 0 Å². The third-order valence-electron chi connectivity index (χ3n) is 2.79. The maximum absolute atomic E-state index is 11.3. The van der Waals surface area contributed by atoms with E-state index in [1.807, 2.05) is 0 Å². The first-order valence-corrected chi connectivity index (χ1v) is 5.71. The predicted octanol–water partition coefficient (Wildman–Crippen LogP) is 0.527. The van der Waals surface area contributed by atoms with Crippen LogP contribution in [-0.4, -0.2) is 38.8 Å². The molecule has 0 bridgehead atoms. The van der Waals surface area contributed by atoms with Gasteiger partial charge in [0.15, 0.2) is 0 Å². The fraction of sp³-hybridized carbons (Fsp3) is 0.909. The molecule has 1 rings (SSSR count). The fourth-order valence-corrected chi connectivity index (χ4v) is 1.84. The Morgan fingerprint density at radius 2 is 2.13 bits per heavy atom. The smallest absolute Gasteiger partial charge is 0.221 e. The van der Waals surface area contributed by atoms with Crippen molar-refractivity contribution in [1.29, 1.82) is 0 Å². The highest BCUT2D eigenvalue weighted by molar-refractivity contribution is 5.76. The van der Waals surface area contributed by atoms with Crippen molar-refractivity contribution in [2.45, 2.75) is 32.2 Å². The number of amides is 1. The van der Waals surface area contributed by atoms with Crippen LogP contribution in [0.2, 0.25) is 0 Å². The van der Waals surface area contributed by atoms with Crippen molar-refractivity contribution < 1.29 is 9.53 Å². The summed E-state index contributed by atoms with van der Waals surface area (Å²) >= 11 is 0. The second-order valence-corrected chi connectivity index (χ2v) is 4.32. The molecule has 2 N–H and O–H groups in total. The van der Waals surface area contributed by atoms with Crippen molar-refractivity contribution in [2.24, 2.45) is 5.92 Å². The van der Waals surface area contributed by atoms with Crippen LogP contribution in [0.4, 0.5) is 0 Å². The van der Waals surface area contributed by atoms with Gasteiger partial charge in [0.2, 0.25) is 5.91 Å². The van der Waals surface area contributed by atoms with E-state index in [0.29, 0.717) is 25.6 Å². The van der Waals surface area contributed by atoms with Gasteiger partial charge in [0, 0.05) is 32.7 Å². The second kappa shape index (κ2) is 6.80. The first kappa shape index (κ1) is 12.5. The molecule has 88 valence electrons. The van der Waals surface area contributed by atoms with E-state index in [1.165, 1.54) is 12.8 Å². The number of hydrogen-bond donors (Lipinski definition) is 2. The Morgan fingerprint density at radius 1 is 1.40 bits per heavy atom. The van der Waals surface area contributed by atoms with Gasteiger partial charge < -0.3 is 15.4 Å². The van der Waals surface area contributed by atoms with Gasteiger partial charge in [-0.25, -0.2) is 0 Å². The normalized spacial score (nSPS) is 24.7. The molecule has 0 saturated heterocycles. The van der Waals surface area contributed by atoms with Crippen molar-refractivity contribution in [1.82, 2.24) is 10.6 Å². The Hall–Kier alpha value is -0.610. The van der Waals surface area contributed by atoms with Gasteiger partial charge in [0.1, 0.15) is 0 Å². The van der Waals surface area contributed by atoms with Crippen molar-refractivity contribution in [3.8, 4) is 0 Å². The molecule has 0 aromatic rings. The summed E-state index contributed by atoms with van der Waals surface area (Å²) in [4.78, 5) is 11.3. The minimum atomic E-state index is 0.104. The van der Waals surface area contributed by atoms with Gasteiger partial charge in [0.25, 0.3) is 0 Å². The molecule has 1 aliphatic rings. The second-order valence-electron chi connectivity index (χ2n) is 4.32. The molecule has 0 aromatic heterocycles. The van der Waals surface area contributed by atoms with Crippen LogP contribution in [0.25, 0.3) is 0 Å². The van der Waals surface area contributed by atoms with Crippen molar-refractivity contribution in [2.75, 3.05) is 26.8 Å². The van der Waals surface area contributed by atoms with Crippen LogP contribution in [0.15, 0.2) is 0 Å². The zero-order valence-electron chi connectivity index (χ0n) is 9.71. The van der Waals surface area contributed by atoms with Gasteiger partial charge in [-0.3, -0.25) is 4.79 Å². The van der Waals surface area contributed by atoms with Crippen LogP contribution >= 0.6 is 0 Å².